The zero-order valence-electron chi connectivity index (χ0n) is 21.1. The SMILES string of the molecule is Cc1c(-c2ccccc2F)nc2cc(F)cc(F)c2c1N1CC(C)(C)c2ccc(N3CCOCC3)cc21. The highest BCUT2D eigenvalue weighted by Crippen LogP contribution is 2.50. The average molecular weight is 504 g/mol. The molecule has 0 N–H and O–H groups in total. The van der Waals surface area contributed by atoms with Crippen LogP contribution in [-0.2, 0) is 10.2 Å². The lowest BCUT2D eigenvalue weighted by Gasteiger charge is -2.30. The second-order valence-corrected chi connectivity index (χ2v) is 10.5. The maximum absolute atomic E-state index is 15.5. The molecule has 1 fully saturated rings. The number of halogens is 3. The number of hydrogen-bond acceptors (Lipinski definition) is 4. The van der Waals surface area contributed by atoms with Gasteiger partial charge >= 0.3 is 0 Å². The van der Waals surface area contributed by atoms with Crippen molar-refractivity contribution in [1.29, 1.82) is 0 Å². The van der Waals surface area contributed by atoms with Gasteiger partial charge in [-0.3, -0.25) is 0 Å². The minimum atomic E-state index is -0.719. The summed E-state index contributed by atoms with van der Waals surface area (Å²) in [7, 11) is 0. The first-order valence-corrected chi connectivity index (χ1v) is 12.5. The Bertz CT molecular complexity index is 1530. The molecule has 2 aliphatic rings. The molecule has 2 aliphatic heterocycles. The van der Waals surface area contributed by atoms with Crippen molar-refractivity contribution in [1.82, 2.24) is 4.98 Å². The molecule has 190 valence electrons. The third-order valence-corrected chi connectivity index (χ3v) is 7.54. The van der Waals surface area contributed by atoms with E-state index in [1.165, 1.54) is 12.1 Å². The van der Waals surface area contributed by atoms with Crippen molar-refractivity contribution in [2.45, 2.75) is 26.2 Å². The van der Waals surface area contributed by atoms with E-state index in [9.17, 15) is 8.78 Å². The Kier molecular flexibility index (Phi) is 5.64. The number of fused-ring (bicyclic) bond motifs is 2. The fourth-order valence-corrected chi connectivity index (χ4v) is 5.74. The van der Waals surface area contributed by atoms with Crippen LogP contribution in [0.1, 0.15) is 25.0 Å². The number of morpholine rings is 1. The Hall–Kier alpha value is -3.58. The van der Waals surface area contributed by atoms with E-state index in [2.05, 4.69) is 46.8 Å². The fraction of sp³-hybridized carbons (Fsp3) is 0.300. The van der Waals surface area contributed by atoms with Gasteiger partial charge in [0.05, 0.1) is 35.5 Å². The number of pyridine rings is 1. The van der Waals surface area contributed by atoms with Crippen LogP contribution in [0.15, 0.2) is 54.6 Å². The van der Waals surface area contributed by atoms with Crippen molar-refractivity contribution in [3.8, 4) is 11.3 Å². The zero-order chi connectivity index (χ0) is 25.9. The van der Waals surface area contributed by atoms with E-state index >= 15 is 4.39 Å². The maximum atomic E-state index is 15.5. The van der Waals surface area contributed by atoms with Crippen molar-refractivity contribution in [3.63, 3.8) is 0 Å². The van der Waals surface area contributed by atoms with Crippen molar-refractivity contribution in [2.75, 3.05) is 42.6 Å². The molecule has 0 spiro atoms. The third-order valence-electron chi connectivity index (χ3n) is 7.54. The smallest absolute Gasteiger partial charge is 0.137 e. The summed E-state index contributed by atoms with van der Waals surface area (Å²) in [5.74, 6) is -1.84. The molecule has 0 aliphatic carbocycles. The third kappa shape index (κ3) is 3.93. The van der Waals surface area contributed by atoms with Crippen LogP contribution in [0, 0.1) is 24.4 Å². The Morgan fingerprint density at radius 2 is 1.68 bits per heavy atom. The summed E-state index contributed by atoms with van der Waals surface area (Å²) in [6.07, 6.45) is 0. The summed E-state index contributed by atoms with van der Waals surface area (Å²) in [5, 5.41) is 0.236. The Morgan fingerprint density at radius 1 is 0.919 bits per heavy atom. The predicted octanol–water partition coefficient (Wildman–Crippen LogP) is 6.89. The van der Waals surface area contributed by atoms with Gasteiger partial charge in [-0.05, 0) is 42.3 Å². The molecular weight excluding hydrogens is 475 g/mol. The fourth-order valence-electron chi connectivity index (χ4n) is 5.74. The molecule has 6 rings (SSSR count). The van der Waals surface area contributed by atoms with Crippen molar-refractivity contribution in [3.05, 3.63) is 83.2 Å². The lowest BCUT2D eigenvalue weighted by Crippen LogP contribution is -2.36. The van der Waals surface area contributed by atoms with E-state index in [0.717, 1.165) is 36.1 Å². The molecule has 1 aromatic heterocycles. The highest BCUT2D eigenvalue weighted by atomic mass is 19.1. The Morgan fingerprint density at radius 3 is 2.43 bits per heavy atom. The predicted molar refractivity (Wildman–Crippen MR) is 141 cm³/mol. The summed E-state index contributed by atoms with van der Waals surface area (Å²) in [6.45, 7) is 9.67. The van der Waals surface area contributed by atoms with E-state index in [-0.39, 0.29) is 16.3 Å². The van der Waals surface area contributed by atoms with E-state index in [4.69, 9.17) is 4.74 Å². The quantitative estimate of drug-likeness (QED) is 0.304. The molecule has 0 bridgehead atoms. The molecular formula is C30H28F3N3O. The number of benzene rings is 3. The van der Waals surface area contributed by atoms with Crippen LogP contribution in [0.4, 0.5) is 30.2 Å². The van der Waals surface area contributed by atoms with Crippen LogP contribution in [0.25, 0.3) is 22.2 Å². The molecule has 1 saturated heterocycles. The van der Waals surface area contributed by atoms with Crippen LogP contribution in [0.3, 0.4) is 0 Å². The number of rotatable bonds is 3. The zero-order valence-corrected chi connectivity index (χ0v) is 21.1. The summed E-state index contributed by atoms with van der Waals surface area (Å²) >= 11 is 0. The summed E-state index contributed by atoms with van der Waals surface area (Å²) in [4.78, 5) is 8.96. The summed E-state index contributed by atoms with van der Waals surface area (Å²) in [6, 6.07) is 14.9. The van der Waals surface area contributed by atoms with Gasteiger partial charge in [-0.1, -0.05) is 32.0 Å². The van der Waals surface area contributed by atoms with Crippen LogP contribution in [0.2, 0.25) is 0 Å². The van der Waals surface area contributed by atoms with Gasteiger partial charge in [0.25, 0.3) is 0 Å². The highest BCUT2D eigenvalue weighted by molar-refractivity contribution is 6.00. The second kappa shape index (κ2) is 8.77. The minimum Gasteiger partial charge on any atom is -0.378 e. The number of nitrogens with zero attached hydrogens (tertiary/aromatic N) is 3. The molecule has 7 heteroatoms. The average Bonchev–Trinajstić information content (AvgIpc) is 3.14. The number of aromatic nitrogens is 1. The van der Waals surface area contributed by atoms with Crippen LogP contribution < -0.4 is 9.80 Å². The van der Waals surface area contributed by atoms with Gasteiger partial charge in [0.2, 0.25) is 0 Å². The van der Waals surface area contributed by atoms with Crippen molar-refractivity contribution >= 4 is 28.0 Å². The van der Waals surface area contributed by atoms with Gasteiger partial charge in [-0.25, -0.2) is 18.2 Å². The number of anilines is 3. The molecule has 3 heterocycles. The van der Waals surface area contributed by atoms with Gasteiger partial charge in [-0.15, -0.1) is 0 Å². The largest absolute Gasteiger partial charge is 0.378 e. The van der Waals surface area contributed by atoms with Gasteiger partial charge in [0.1, 0.15) is 17.5 Å². The van der Waals surface area contributed by atoms with Gasteiger partial charge in [-0.2, -0.15) is 0 Å². The Labute approximate surface area is 214 Å². The molecule has 4 nitrogen and oxygen atoms in total. The van der Waals surface area contributed by atoms with Gasteiger partial charge in [0.15, 0.2) is 0 Å². The maximum Gasteiger partial charge on any atom is 0.137 e. The van der Waals surface area contributed by atoms with Crippen molar-refractivity contribution in [2.24, 2.45) is 0 Å². The van der Waals surface area contributed by atoms with Crippen LogP contribution in [0.5, 0.6) is 0 Å². The second-order valence-electron chi connectivity index (χ2n) is 10.5. The van der Waals surface area contributed by atoms with Gasteiger partial charge in [0, 0.05) is 54.1 Å². The lowest BCUT2D eigenvalue weighted by atomic mass is 9.87. The summed E-state index contributed by atoms with van der Waals surface area (Å²) in [5.41, 5.74) is 5.02. The first-order chi connectivity index (χ1) is 17.7. The lowest BCUT2D eigenvalue weighted by molar-refractivity contribution is 0.122. The van der Waals surface area contributed by atoms with E-state index in [0.29, 0.717) is 42.3 Å². The molecule has 0 unspecified atom stereocenters. The molecule has 0 amide bonds. The normalized spacial score (nSPS) is 16.9. The van der Waals surface area contributed by atoms with Crippen LogP contribution >= 0.6 is 0 Å². The molecule has 0 atom stereocenters. The first kappa shape index (κ1) is 23.8. The van der Waals surface area contributed by atoms with Gasteiger partial charge < -0.3 is 14.5 Å². The molecule has 0 saturated carbocycles. The minimum absolute atomic E-state index is 0.159. The van der Waals surface area contributed by atoms with E-state index in [1.54, 1.807) is 18.2 Å². The van der Waals surface area contributed by atoms with E-state index in [1.807, 2.05) is 6.92 Å². The molecule has 4 aromatic rings. The number of ether oxygens (including phenoxy) is 1. The standard InChI is InChI=1S/C30H28F3N3O/c1-18-28(21-6-4-5-7-23(21)32)34-25-15-19(31)14-24(33)27(25)29(18)36-17-30(2,3)22-9-8-20(16-26(22)36)35-10-12-37-13-11-35/h4-9,14-16H,10-13,17H2,1-3H3. The molecule has 0 radical (unpaired) electrons. The topological polar surface area (TPSA) is 28.6 Å². The van der Waals surface area contributed by atoms with E-state index < -0.39 is 17.5 Å². The molecule has 3 aromatic carbocycles. The monoisotopic (exact) mass is 503 g/mol. The number of hydrogen-bond donors (Lipinski definition) is 0. The highest BCUT2D eigenvalue weighted by Gasteiger charge is 2.38. The van der Waals surface area contributed by atoms with Crippen LogP contribution in [-0.4, -0.2) is 37.8 Å². The van der Waals surface area contributed by atoms with Crippen molar-refractivity contribution < 1.29 is 17.9 Å². The summed E-state index contributed by atoms with van der Waals surface area (Å²) < 4.78 is 50.3. The molecule has 37 heavy (non-hydrogen) atoms. The first-order valence-electron chi connectivity index (χ1n) is 12.5. The Balaban J connectivity index is 1.62.